The Bertz CT molecular complexity index is 523. The van der Waals surface area contributed by atoms with Crippen LogP contribution in [0.2, 0.25) is 0 Å². The molecule has 0 unspecified atom stereocenters. The molecule has 0 fully saturated rings. The van der Waals surface area contributed by atoms with E-state index in [0.29, 0.717) is 11.5 Å². The maximum absolute atomic E-state index is 11.2. The minimum Gasteiger partial charge on any atom is -0.497 e. The zero-order chi connectivity index (χ0) is 14.0. The Kier molecular flexibility index (Phi) is 4.50. The molecule has 0 aliphatic rings. The molecule has 0 heterocycles. The molecular formula is C12H17ClO4S. The lowest BCUT2D eigenvalue weighted by atomic mass is 9.86. The van der Waals surface area contributed by atoms with Crippen molar-refractivity contribution < 1.29 is 17.9 Å². The fourth-order valence-corrected chi connectivity index (χ4v) is 3.70. The van der Waals surface area contributed by atoms with E-state index in [0.717, 1.165) is 5.56 Å². The van der Waals surface area contributed by atoms with Crippen molar-refractivity contribution in [2.24, 2.45) is 0 Å². The number of rotatable bonds is 5. The highest BCUT2D eigenvalue weighted by Gasteiger charge is 2.30. The molecule has 6 heteroatoms. The molecule has 1 aromatic carbocycles. The molecule has 0 aromatic heterocycles. The lowest BCUT2D eigenvalue weighted by molar-refractivity contribution is 0.383. The van der Waals surface area contributed by atoms with Gasteiger partial charge in [-0.15, -0.1) is 0 Å². The average Bonchev–Trinajstić information content (AvgIpc) is 2.24. The van der Waals surface area contributed by atoms with Crippen molar-refractivity contribution in [1.82, 2.24) is 0 Å². The summed E-state index contributed by atoms with van der Waals surface area (Å²) in [6.07, 6.45) is 0. The van der Waals surface area contributed by atoms with Crippen molar-refractivity contribution in [1.29, 1.82) is 0 Å². The highest BCUT2D eigenvalue weighted by atomic mass is 35.7. The lowest BCUT2D eigenvalue weighted by Crippen LogP contribution is -2.26. The Morgan fingerprint density at radius 3 is 2.28 bits per heavy atom. The lowest BCUT2D eigenvalue weighted by Gasteiger charge is -2.25. The van der Waals surface area contributed by atoms with Gasteiger partial charge in [0.2, 0.25) is 9.05 Å². The summed E-state index contributed by atoms with van der Waals surface area (Å²) in [5, 5.41) is 0. The first kappa shape index (κ1) is 15.1. The van der Waals surface area contributed by atoms with E-state index in [1.165, 1.54) is 7.11 Å². The summed E-state index contributed by atoms with van der Waals surface area (Å²) in [5.41, 5.74) is 0.132. The topological polar surface area (TPSA) is 52.6 Å². The summed E-state index contributed by atoms with van der Waals surface area (Å²) in [5.74, 6) is 1.07. The smallest absolute Gasteiger partial charge is 0.233 e. The van der Waals surface area contributed by atoms with Gasteiger partial charge in [-0.25, -0.2) is 8.42 Å². The number of hydrogen-bond donors (Lipinski definition) is 0. The average molecular weight is 293 g/mol. The second-order valence-electron chi connectivity index (χ2n) is 4.63. The van der Waals surface area contributed by atoms with Crippen LogP contribution >= 0.6 is 10.7 Å². The Hall–Kier alpha value is -0.940. The van der Waals surface area contributed by atoms with Crippen LogP contribution in [0.25, 0.3) is 0 Å². The summed E-state index contributed by atoms with van der Waals surface area (Å²) >= 11 is 0. The molecule has 0 radical (unpaired) electrons. The van der Waals surface area contributed by atoms with E-state index in [1.807, 2.05) is 0 Å². The predicted octanol–water partition coefficient (Wildman–Crippen LogP) is 2.55. The number of ether oxygens (including phenoxy) is 2. The van der Waals surface area contributed by atoms with Crippen LogP contribution in [0, 0.1) is 0 Å². The van der Waals surface area contributed by atoms with Gasteiger partial charge in [0.05, 0.1) is 20.0 Å². The molecule has 1 aromatic rings. The first-order chi connectivity index (χ1) is 8.19. The fourth-order valence-electron chi connectivity index (χ4n) is 1.87. The second kappa shape index (κ2) is 5.36. The molecule has 0 N–H and O–H groups in total. The number of benzene rings is 1. The van der Waals surface area contributed by atoms with Crippen molar-refractivity contribution in [3.63, 3.8) is 0 Å². The Balaban J connectivity index is 3.23. The maximum Gasteiger partial charge on any atom is 0.233 e. The fraction of sp³-hybridized carbons (Fsp3) is 0.500. The molecule has 0 saturated carbocycles. The van der Waals surface area contributed by atoms with E-state index in [1.54, 1.807) is 39.2 Å². The van der Waals surface area contributed by atoms with Crippen molar-refractivity contribution in [2.75, 3.05) is 20.0 Å². The number of hydrogen-bond acceptors (Lipinski definition) is 4. The van der Waals surface area contributed by atoms with Gasteiger partial charge in [0.25, 0.3) is 0 Å². The van der Waals surface area contributed by atoms with E-state index in [2.05, 4.69) is 0 Å². The molecule has 0 bridgehead atoms. The first-order valence-corrected chi connectivity index (χ1v) is 7.82. The number of halogens is 1. The van der Waals surface area contributed by atoms with Crippen LogP contribution in [-0.2, 0) is 14.5 Å². The molecule has 0 saturated heterocycles. The zero-order valence-corrected chi connectivity index (χ0v) is 12.4. The van der Waals surface area contributed by atoms with Gasteiger partial charge in [-0.05, 0) is 6.07 Å². The van der Waals surface area contributed by atoms with Crippen molar-refractivity contribution in [3.8, 4) is 11.5 Å². The molecule has 0 aliphatic carbocycles. The third-order valence-corrected chi connectivity index (χ3v) is 4.06. The summed E-state index contributed by atoms with van der Waals surface area (Å²) in [4.78, 5) is 0. The van der Waals surface area contributed by atoms with Gasteiger partial charge in [-0.2, -0.15) is 0 Å². The van der Waals surface area contributed by atoms with Crippen LogP contribution in [0.5, 0.6) is 11.5 Å². The van der Waals surface area contributed by atoms with Crippen LogP contribution in [-0.4, -0.2) is 28.4 Å². The van der Waals surface area contributed by atoms with Crippen molar-refractivity contribution in [2.45, 2.75) is 19.3 Å². The van der Waals surface area contributed by atoms with Crippen molar-refractivity contribution in [3.05, 3.63) is 23.8 Å². The van der Waals surface area contributed by atoms with E-state index < -0.39 is 14.5 Å². The molecular weight excluding hydrogens is 276 g/mol. The Morgan fingerprint density at radius 1 is 1.22 bits per heavy atom. The Labute approximate surface area is 112 Å². The first-order valence-electron chi connectivity index (χ1n) is 5.34. The Morgan fingerprint density at radius 2 is 1.83 bits per heavy atom. The maximum atomic E-state index is 11.2. The normalized spacial score (nSPS) is 12.3. The summed E-state index contributed by atoms with van der Waals surface area (Å²) in [6.45, 7) is 3.61. The highest BCUT2D eigenvalue weighted by Crippen LogP contribution is 2.35. The molecule has 0 amide bonds. The van der Waals surface area contributed by atoms with E-state index >= 15 is 0 Å². The third-order valence-electron chi connectivity index (χ3n) is 2.67. The minimum absolute atomic E-state index is 0.162. The van der Waals surface area contributed by atoms with Crippen LogP contribution in [0.3, 0.4) is 0 Å². The SMILES string of the molecule is COc1ccc(C(C)(C)CS(=O)(=O)Cl)c(OC)c1. The van der Waals surface area contributed by atoms with Gasteiger partial charge < -0.3 is 9.47 Å². The third kappa shape index (κ3) is 3.78. The second-order valence-corrected chi connectivity index (χ2v) is 7.41. The van der Waals surface area contributed by atoms with Crippen LogP contribution < -0.4 is 9.47 Å². The van der Waals surface area contributed by atoms with Gasteiger partial charge >= 0.3 is 0 Å². The molecule has 18 heavy (non-hydrogen) atoms. The van der Waals surface area contributed by atoms with Crippen LogP contribution in [0.4, 0.5) is 0 Å². The summed E-state index contributed by atoms with van der Waals surface area (Å²) in [7, 11) is 4.83. The highest BCUT2D eigenvalue weighted by molar-refractivity contribution is 8.13. The standard InChI is InChI=1S/C12H17ClO4S/c1-12(2,8-18(13,14)15)10-6-5-9(16-3)7-11(10)17-4/h5-7H,8H2,1-4H3. The summed E-state index contributed by atoms with van der Waals surface area (Å²) < 4.78 is 32.9. The van der Waals surface area contributed by atoms with E-state index in [4.69, 9.17) is 20.2 Å². The largest absolute Gasteiger partial charge is 0.497 e. The predicted molar refractivity (Wildman–Crippen MR) is 72.2 cm³/mol. The molecule has 0 atom stereocenters. The van der Waals surface area contributed by atoms with E-state index in [-0.39, 0.29) is 5.75 Å². The molecule has 0 aliphatic heterocycles. The number of methoxy groups -OCH3 is 2. The van der Waals surface area contributed by atoms with Gasteiger partial charge in [0.15, 0.2) is 0 Å². The summed E-state index contributed by atoms with van der Waals surface area (Å²) in [6, 6.07) is 5.28. The molecule has 0 spiro atoms. The quantitative estimate of drug-likeness (QED) is 0.783. The van der Waals surface area contributed by atoms with E-state index in [9.17, 15) is 8.42 Å². The van der Waals surface area contributed by atoms with Gasteiger partial charge in [-0.1, -0.05) is 19.9 Å². The van der Waals surface area contributed by atoms with Gasteiger partial charge in [0.1, 0.15) is 11.5 Å². The van der Waals surface area contributed by atoms with Gasteiger partial charge in [0, 0.05) is 27.7 Å². The molecule has 102 valence electrons. The van der Waals surface area contributed by atoms with Crippen LogP contribution in [0.15, 0.2) is 18.2 Å². The van der Waals surface area contributed by atoms with Crippen LogP contribution in [0.1, 0.15) is 19.4 Å². The molecule has 1 rings (SSSR count). The van der Waals surface area contributed by atoms with Gasteiger partial charge in [-0.3, -0.25) is 0 Å². The molecule has 4 nitrogen and oxygen atoms in total. The monoisotopic (exact) mass is 292 g/mol. The zero-order valence-electron chi connectivity index (χ0n) is 10.9. The van der Waals surface area contributed by atoms with Crippen molar-refractivity contribution >= 4 is 19.7 Å². The minimum atomic E-state index is -3.59.